The second-order valence-electron chi connectivity index (χ2n) is 4.37. The maximum absolute atomic E-state index is 12.4. The SMILES string of the molecule is C=C[C@@H]1CCCN1S(=O)(=O)c1ccc(C)cc1. The van der Waals surface area contributed by atoms with Gasteiger partial charge >= 0.3 is 0 Å². The molecule has 1 aliphatic heterocycles. The van der Waals surface area contributed by atoms with Crippen molar-refractivity contribution in [1.29, 1.82) is 0 Å². The Morgan fingerprint density at radius 1 is 1.35 bits per heavy atom. The van der Waals surface area contributed by atoms with Gasteiger partial charge in [0, 0.05) is 12.6 Å². The van der Waals surface area contributed by atoms with Crippen LogP contribution in [0.4, 0.5) is 0 Å². The Labute approximate surface area is 103 Å². The quantitative estimate of drug-likeness (QED) is 0.773. The summed E-state index contributed by atoms with van der Waals surface area (Å²) in [6.07, 6.45) is 3.50. The van der Waals surface area contributed by atoms with Crippen LogP contribution in [-0.4, -0.2) is 25.3 Å². The number of nitrogens with zero attached hydrogens (tertiary/aromatic N) is 1. The molecular formula is C13H17NO2S. The first kappa shape index (κ1) is 12.3. The van der Waals surface area contributed by atoms with Crippen molar-refractivity contribution >= 4 is 10.0 Å². The lowest BCUT2D eigenvalue weighted by molar-refractivity contribution is 0.433. The van der Waals surface area contributed by atoms with Crippen LogP contribution in [0, 0.1) is 6.92 Å². The van der Waals surface area contributed by atoms with Crippen molar-refractivity contribution in [1.82, 2.24) is 4.31 Å². The first-order chi connectivity index (χ1) is 8.05. The van der Waals surface area contributed by atoms with Crippen molar-refractivity contribution in [3.05, 3.63) is 42.5 Å². The molecule has 0 radical (unpaired) electrons. The molecule has 0 saturated carbocycles. The van der Waals surface area contributed by atoms with E-state index in [0.29, 0.717) is 11.4 Å². The molecule has 1 heterocycles. The Morgan fingerprint density at radius 2 is 2.00 bits per heavy atom. The van der Waals surface area contributed by atoms with Gasteiger partial charge in [-0.3, -0.25) is 0 Å². The average molecular weight is 251 g/mol. The minimum atomic E-state index is -3.35. The third-order valence-corrected chi connectivity index (χ3v) is 5.09. The topological polar surface area (TPSA) is 37.4 Å². The van der Waals surface area contributed by atoms with Crippen LogP contribution in [0.25, 0.3) is 0 Å². The summed E-state index contributed by atoms with van der Waals surface area (Å²) >= 11 is 0. The molecular weight excluding hydrogens is 234 g/mol. The Morgan fingerprint density at radius 3 is 2.59 bits per heavy atom. The van der Waals surface area contributed by atoms with E-state index < -0.39 is 10.0 Å². The molecule has 1 fully saturated rings. The fraction of sp³-hybridized carbons (Fsp3) is 0.385. The Hall–Kier alpha value is -1.13. The molecule has 92 valence electrons. The van der Waals surface area contributed by atoms with Crippen LogP contribution in [0.5, 0.6) is 0 Å². The summed E-state index contributed by atoms with van der Waals surface area (Å²) in [7, 11) is -3.35. The molecule has 0 spiro atoms. The summed E-state index contributed by atoms with van der Waals surface area (Å²) in [5, 5.41) is 0. The highest BCUT2D eigenvalue weighted by Gasteiger charge is 2.33. The van der Waals surface area contributed by atoms with Crippen LogP contribution in [0.3, 0.4) is 0 Å². The van der Waals surface area contributed by atoms with E-state index in [1.807, 2.05) is 19.1 Å². The summed E-state index contributed by atoms with van der Waals surface area (Å²) in [5.74, 6) is 0. The lowest BCUT2D eigenvalue weighted by Crippen LogP contribution is -2.34. The zero-order valence-electron chi connectivity index (χ0n) is 9.96. The molecule has 1 aromatic rings. The van der Waals surface area contributed by atoms with Gasteiger partial charge in [-0.05, 0) is 31.9 Å². The number of sulfonamides is 1. The maximum Gasteiger partial charge on any atom is 0.243 e. The third kappa shape index (κ3) is 2.28. The number of hydrogen-bond donors (Lipinski definition) is 0. The zero-order chi connectivity index (χ0) is 12.5. The van der Waals surface area contributed by atoms with Crippen molar-refractivity contribution in [2.75, 3.05) is 6.54 Å². The number of benzene rings is 1. The molecule has 3 nitrogen and oxygen atoms in total. The fourth-order valence-electron chi connectivity index (χ4n) is 2.15. The van der Waals surface area contributed by atoms with Gasteiger partial charge in [-0.25, -0.2) is 8.42 Å². The van der Waals surface area contributed by atoms with Gasteiger partial charge in [0.15, 0.2) is 0 Å². The molecule has 0 aliphatic carbocycles. The molecule has 1 saturated heterocycles. The van der Waals surface area contributed by atoms with E-state index in [-0.39, 0.29) is 6.04 Å². The van der Waals surface area contributed by atoms with Crippen LogP contribution in [-0.2, 0) is 10.0 Å². The van der Waals surface area contributed by atoms with E-state index in [1.165, 1.54) is 0 Å². The summed E-state index contributed by atoms with van der Waals surface area (Å²) in [4.78, 5) is 0.372. The van der Waals surface area contributed by atoms with Gasteiger partial charge < -0.3 is 0 Å². The predicted molar refractivity (Wildman–Crippen MR) is 68.3 cm³/mol. The van der Waals surface area contributed by atoms with Crippen molar-refractivity contribution in [2.24, 2.45) is 0 Å². The summed E-state index contributed by atoms with van der Waals surface area (Å²) in [5.41, 5.74) is 1.06. The highest BCUT2D eigenvalue weighted by atomic mass is 32.2. The third-order valence-electron chi connectivity index (χ3n) is 3.15. The van der Waals surface area contributed by atoms with Crippen molar-refractivity contribution < 1.29 is 8.42 Å². The van der Waals surface area contributed by atoms with Crippen LogP contribution in [0.15, 0.2) is 41.8 Å². The lowest BCUT2D eigenvalue weighted by Gasteiger charge is -2.21. The number of aryl methyl sites for hydroxylation is 1. The van der Waals surface area contributed by atoms with E-state index in [2.05, 4.69) is 6.58 Å². The van der Waals surface area contributed by atoms with E-state index in [0.717, 1.165) is 18.4 Å². The Balaban J connectivity index is 2.36. The van der Waals surface area contributed by atoms with Gasteiger partial charge in [0.25, 0.3) is 0 Å². The zero-order valence-corrected chi connectivity index (χ0v) is 10.8. The number of rotatable bonds is 3. The maximum atomic E-state index is 12.4. The molecule has 0 unspecified atom stereocenters. The monoisotopic (exact) mass is 251 g/mol. The molecule has 1 aliphatic rings. The summed E-state index contributed by atoms with van der Waals surface area (Å²) < 4.78 is 26.3. The fourth-order valence-corrected chi connectivity index (χ4v) is 3.81. The normalized spacial score (nSPS) is 21.6. The molecule has 0 aromatic heterocycles. The second-order valence-corrected chi connectivity index (χ2v) is 6.26. The average Bonchev–Trinajstić information content (AvgIpc) is 2.78. The van der Waals surface area contributed by atoms with Gasteiger partial charge in [0.2, 0.25) is 10.0 Å². The molecule has 1 aromatic carbocycles. The molecule has 4 heteroatoms. The molecule has 2 rings (SSSR count). The molecule has 17 heavy (non-hydrogen) atoms. The van der Waals surface area contributed by atoms with Crippen LogP contribution >= 0.6 is 0 Å². The van der Waals surface area contributed by atoms with E-state index >= 15 is 0 Å². The molecule has 0 N–H and O–H groups in total. The largest absolute Gasteiger partial charge is 0.243 e. The van der Waals surface area contributed by atoms with E-state index in [4.69, 9.17) is 0 Å². The minimum absolute atomic E-state index is 0.0543. The Kier molecular flexibility index (Phi) is 3.35. The standard InChI is InChI=1S/C13H17NO2S/c1-3-12-5-4-10-14(12)17(15,16)13-8-6-11(2)7-9-13/h3,6-9,12H,1,4-5,10H2,2H3/t12-/m1/s1. The Bertz CT molecular complexity index is 505. The molecule has 0 bridgehead atoms. The first-order valence-corrected chi connectivity index (χ1v) is 7.21. The predicted octanol–water partition coefficient (Wildman–Crippen LogP) is 2.33. The van der Waals surface area contributed by atoms with E-state index in [9.17, 15) is 8.42 Å². The van der Waals surface area contributed by atoms with Crippen molar-refractivity contribution in [3.63, 3.8) is 0 Å². The smallest absolute Gasteiger partial charge is 0.207 e. The number of hydrogen-bond acceptors (Lipinski definition) is 2. The second kappa shape index (κ2) is 4.63. The minimum Gasteiger partial charge on any atom is -0.207 e. The van der Waals surface area contributed by atoms with Crippen molar-refractivity contribution in [2.45, 2.75) is 30.7 Å². The van der Waals surface area contributed by atoms with Gasteiger partial charge in [-0.15, -0.1) is 6.58 Å². The summed E-state index contributed by atoms with van der Waals surface area (Å²) in [6, 6.07) is 6.94. The highest BCUT2D eigenvalue weighted by Crippen LogP contribution is 2.26. The molecule has 0 amide bonds. The summed E-state index contributed by atoms with van der Waals surface area (Å²) in [6.45, 7) is 6.24. The van der Waals surface area contributed by atoms with Crippen LogP contribution in [0.2, 0.25) is 0 Å². The van der Waals surface area contributed by atoms with Crippen LogP contribution < -0.4 is 0 Å². The van der Waals surface area contributed by atoms with E-state index in [1.54, 1.807) is 22.5 Å². The van der Waals surface area contributed by atoms with Crippen LogP contribution in [0.1, 0.15) is 18.4 Å². The van der Waals surface area contributed by atoms with Gasteiger partial charge in [-0.1, -0.05) is 23.8 Å². The molecule has 1 atom stereocenters. The van der Waals surface area contributed by atoms with Gasteiger partial charge in [0.1, 0.15) is 0 Å². The van der Waals surface area contributed by atoms with Gasteiger partial charge in [0.05, 0.1) is 4.90 Å². The lowest BCUT2D eigenvalue weighted by atomic mass is 10.2. The van der Waals surface area contributed by atoms with Gasteiger partial charge in [-0.2, -0.15) is 4.31 Å². The van der Waals surface area contributed by atoms with Crippen molar-refractivity contribution in [3.8, 4) is 0 Å². The highest BCUT2D eigenvalue weighted by molar-refractivity contribution is 7.89. The first-order valence-electron chi connectivity index (χ1n) is 5.77.